The maximum atomic E-state index is 5.81. The van der Waals surface area contributed by atoms with Crippen molar-refractivity contribution in [3.63, 3.8) is 0 Å². The van der Waals surface area contributed by atoms with E-state index in [1.807, 2.05) is 0 Å². The Morgan fingerprint density at radius 3 is 2.60 bits per heavy atom. The Hall–Kier alpha value is -1.29. The molecule has 0 aliphatic heterocycles. The lowest BCUT2D eigenvalue weighted by Gasteiger charge is -2.08. The lowest BCUT2D eigenvalue weighted by Crippen LogP contribution is -1.91. The molecule has 0 saturated heterocycles. The minimum absolute atomic E-state index is 0.607. The van der Waals surface area contributed by atoms with Gasteiger partial charge in [-0.1, -0.05) is 15.9 Å². The molecule has 0 aliphatic carbocycles. The van der Waals surface area contributed by atoms with E-state index >= 15 is 0 Å². The molecule has 1 heterocycles. The van der Waals surface area contributed by atoms with Crippen molar-refractivity contribution in [3.05, 3.63) is 33.9 Å². The van der Waals surface area contributed by atoms with Gasteiger partial charge in [-0.2, -0.15) is 5.10 Å². The molecule has 1 aromatic heterocycles. The highest BCUT2D eigenvalue weighted by Crippen LogP contribution is 2.31. The number of aryl methyl sites for hydroxylation is 1. The van der Waals surface area contributed by atoms with Crippen molar-refractivity contribution in [2.45, 2.75) is 13.8 Å². The summed E-state index contributed by atoms with van der Waals surface area (Å²) in [5.41, 5.74) is 10.3. The van der Waals surface area contributed by atoms with E-state index in [1.165, 1.54) is 11.1 Å². The monoisotopic (exact) mass is 265 g/mol. The summed E-state index contributed by atoms with van der Waals surface area (Å²) in [6.45, 7) is 4.17. The topological polar surface area (TPSA) is 54.7 Å². The van der Waals surface area contributed by atoms with E-state index in [9.17, 15) is 0 Å². The first-order valence-electron chi connectivity index (χ1n) is 4.65. The predicted molar refractivity (Wildman–Crippen MR) is 65.6 cm³/mol. The molecule has 2 rings (SSSR count). The van der Waals surface area contributed by atoms with E-state index in [4.69, 9.17) is 5.73 Å². The van der Waals surface area contributed by atoms with Crippen LogP contribution >= 0.6 is 15.9 Å². The van der Waals surface area contributed by atoms with E-state index in [0.29, 0.717) is 5.82 Å². The number of rotatable bonds is 1. The van der Waals surface area contributed by atoms with Crippen LogP contribution in [0.1, 0.15) is 11.1 Å². The highest BCUT2D eigenvalue weighted by molar-refractivity contribution is 9.10. The largest absolute Gasteiger partial charge is 0.384 e. The Morgan fingerprint density at radius 1 is 1.27 bits per heavy atom. The van der Waals surface area contributed by atoms with Gasteiger partial charge in [0.15, 0.2) is 0 Å². The number of nitrogens with zero attached hydrogens (tertiary/aromatic N) is 1. The molecule has 0 saturated carbocycles. The summed E-state index contributed by atoms with van der Waals surface area (Å²) >= 11 is 3.49. The van der Waals surface area contributed by atoms with Crippen LogP contribution in [0.2, 0.25) is 0 Å². The van der Waals surface area contributed by atoms with Crippen molar-refractivity contribution >= 4 is 21.7 Å². The van der Waals surface area contributed by atoms with Gasteiger partial charge in [0.1, 0.15) is 5.82 Å². The van der Waals surface area contributed by atoms with Gasteiger partial charge in [-0.15, -0.1) is 0 Å². The van der Waals surface area contributed by atoms with Gasteiger partial charge in [-0.05, 0) is 42.7 Å². The number of benzene rings is 1. The molecule has 0 bridgehead atoms. The average molecular weight is 266 g/mol. The number of H-pyrrole nitrogens is 1. The maximum absolute atomic E-state index is 5.81. The normalized spacial score (nSPS) is 10.6. The fourth-order valence-electron chi connectivity index (χ4n) is 1.61. The Balaban J connectivity index is 2.68. The molecule has 78 valence electrons. The molecule has 15 heavy (non-hydrogen) atoms. The number of nitrogens with two attached hydrogens (primary N) is 1. The number of hydrogen-bond donors (Lipinski definition) is 2. The molecule has 3 N–H and O–H groups in total. The van der Waals surface area contributed by atoms with Crippen LogP contribution in [0, 0.1) is 13.8 Å². The standard InChI is InChI=1S/C11H12BrN3/c1-6-3-8(12)4-9(7(6)2)10-5-14-15-11(10)13/h3-5H,1-2H3,(H3,13,14,15). The maximum Gasteiger partial charge on any atom is 0.126 e. The highest BCUT2D eigenvalue weighted by atomic mass is 79.9. The van der Waals surface area contributed by atoms with E-state index in [2.05, 4.69) is 52.1 Å². The van der Waals surface area contributed by atoms with E-state index in [-0.39, 0.29) is 0 Å². The number of nitrogen functional groups attached to an aromatic ring is 1. The third-order valence-electron chi connectivity index (χ3n) is 2.59. The summed E-state index contributed by atoms with van der Waals surface area (Å²) in [6, 6.07) is 4.15. The van der Waals surface area contributed by atoms with E-state index < -0.39 is 0 Å². The van der Waals surface area contributed by atoms with E-state index in [0.717, 1.165) is 15.6 Å². The molecule has 0 amide bonds. The zero-order chi connectivity index (χ0) is 11.0. The smallest absolute Gasteiger partial charge is 0.126 e. The van der Waals surface area contributed by atoms with Crippen LogP contribution in [-0.2, 0) is 0 Å². The first-order chi connectivity index (χ1) is 7.09. The number of hydrogen-bond acceptors (Lipinski definition) is 2. The minimum Gasteiger partial charge on any atom is -0.384 e. The zero-order valence-electron chi connectivity index (χ0n) is 8.63. The fourth-order valence-corrected chi connectivity index (χ4v) is 2.18. The Morgan fingerprint density at radius 2 is 2.00 bits per heavy atom. The fraction of sp³-hybridized carbons (Fsp3) is 0.182. The first kappa shape index (κ1) is 10.2. The number of aromatic nitrogens is 2. The summed E-state index contributed by atoms with van der Waals surface area (Å²) in [5.74, 6) is 0.607. The summed E-state index contributed by atoms with van der Waals surface area (Å²) in [7, 11) is 0. The molecule has 2 aromatic rings. The summed E-state index contributed by atoms with van der Waals surface area (Å²) < 4.78 is 1.06. The predicted octanol–water partition coefficient (Wildman–Crippen LogP) is 3.04. The molecular weight excluding hydrogens is 254 g/mol. The lowest BCUT2D eigenvalue weighted by atomic mass is 9.99. The van der Waals surface area contributed by atoms with Crippen molar-refractivity contribution in [1.82, 2.24) is 10.2 Å². The molecule has 0 atom stereocenters. The molecule has 1 aromatic carbocycles. The van der Waals surface area contributed by atoms with Crippen LogP contribution in [-0.4, -0.2) is 10.2 Å². The van der Waals surface area contributed by atoms with Crippen LogP contribution in [0.25, 0.3) is 11.1 Å². The quantitative estimate of drug-likeness (QED) is 0.833. The Kier molecular flexibility index (Phi) is 2.52. The highest BCUT2D eigenvalue weighted by Gasteiger charge is 2.09. The van der Waals surface area contributed by atoms with Crippen LogP contribution in [0.5, 0.6) is 0 Å². The minimum atomic E-state index is 0.607. The van der Waals surface area contributed by atoms with Gasteiger partial charge in [0.25, 0.3) is 0 Å². The van der Waals surface area contributed by atoms with Gasteiger partial charge >= 0.3 is 0 Å². The second-order valence-electron chi connectivity index (χ2n) is 3.59. The SMILES string of the molecule is Cc1cc(Br)cc(-c2cn[nH]c2N)c1C. The van der Waals surface area contributed by atoms with Gasteiger partial charge in [0, 0.05) is 10.0 Å². The second-order valence-corrected chi connectivity index (χ2v) is 4.51. The molecule has 0 spiro atoms. The molecule has 0 unspecified atom stereocenters. The third kappa shape index (κ3) is 1.77. The van der Waals surface area contributed by atoms with Gasteiger partial charge in [-0.25, -0.2) is 0 Å². The number of aromatic amines is 1. The third-order valence-corrected chi connectivity index (χ3v) is 3.05. The van der Waals surface area contributed by atoms with Gasteiger partial charge < -0.3 is 5.73 Å². The molecule has 0 fully saturated rings. The Labute approximate surface area is 96.8 Å². The average Bonchev–Trinajstić information content (AvgIpc) is 2.58. The van der Waals surface area contributed by atoms with Gasteiger partial charge in [0.2, 0.25) is 0 Å². The van der Waals surface area contributed by atoms with Crippen LogP contribution < -0.4 is 5.73 Å². The van der Waals surface area contributed by atoms with Gasteiger partial charge in [-0.3, -0.25) is 5.10 Å². The summed E-state index contributed by atoms with van der Waals surface area (Å²) in [5, 5.41) is 6.68. The molecular formula is C11H12BrN3. The number of nitrogens with one attached hydrogen (secondary N) is 1. The van der Waals surface area contributed by atoms with Crippen molar-refractivity contribution in [3.8, 4) is 11.1 Å². The van der Waals surface area contributed by atoms with Crippen LogP contribution in [0.15, 0.2) is 22.8 Å². The van der Waals surface area contributed by atoms with Crippen LogP contribution in [0.4, 0.5) is 5.82 Å². The first-order valence-corrected chi connectivity index (χ1v) is 5.45. The van der Waals surface area contributed by atoms with Crippen molar-refractivity contribution in [2.24, 2.45) is 0 Å². The zero-order valence-corrected chi connectivity index (χ0v) is 10.2. The number of halogens is 1. The number of anilines is 1. The second kappa shape index (κ2) is 3.70. The van der Waals surface area contributed by atoms with Gasteiger partial charge in [0.05, 0.1) is 6.20 Å². The lowest BCUT2D eigenvalue weighted by molar-refractivity contribution is 1.10. The van der Waals surface area contributed by atoms with Crippen LogP contribution in [0.3, 0.4) is 0 Å². The molecule has 0 aliphatic rings. The summed E-state index contributed by atoms with van der Waals surface area (Å²) in [6.07, 6.45) is 1.75. The van der Waals surface area contributed by atoms with Crippen molar-refractivity contribution < 1.29 is 0 Å². The van der Waals surface area contributed by atoms with E-state index in [1.54, 1.807) is 6.20 Å². The molecule has 3 nitrogen and oxygen atoms in total. The van der Waals surface area contributed by atoms with Crippen molar-refractivity contribution in [1.29, 1.82) is 0 Å². The van der Waals surface area contributed by atoms with Crippen molar-refractivity contribution in [2.75, 3.05) is 5.73 Å². The summed E-state index contributed by atoms with van der Waals surface area (Å²) in [4.78, 5) is 0. The Bertz CT molecular complexity index is 503. The molecule has 0 radical (unpaired) electrons. The molecule has 4 heteroatoms.